The third-order valence-electron chi connectivity index (χ3n) is 6.60. The molecule has 210 valence electrons. The Morgan fingerprint density at radius 2 is 1.83 bits per heavy atom. The SMILES string of the molecule is CCOC(=O)C1=C(C)N=c2s/c(=C/c3ccc(-c4ccc(C(=O)OC(C)C)cc4C)o3)c(=O)n2[C@H]1c1ccccc1. The summed E-state index contributed by atoms with van der Waals surface area (Å²) >= 11 is 1.23. The number of fused-ring (bicyclic) bond motifs is 1. The first-order valence-electron chi connectivity index (χ1n) is 13.3. The maximum absolute atomic E-state index is 13.8. The summed E-state index contributed by atoms with van der Waals surface area (Å²) in [5.74, 6) is 0.227. The quantitative estimate of drug-likeness (QED) is 0.292. The average Bonchev–Trinajstić information content (AvgIpc) is 3.52. The van der Waals surface area contributed by atoms with Crippen LogP contribution in [0.3, 0.4) is 0 Å². The highest BCUT2D eigenvalue weighted by atomic mass is 32.1. The Hall–Kier alpha value is -4.50. The minimum absolute atomic E-state index is 0.204. The van der Waals surface area contributed by atoms with Crippen LogP contribution >= 0.6 is 11.3 Å². The average molecular weight is 571 g/mol. The number of carbonyl (C=O) groups excluding carboxylic acids is 2. The van der Waals surface area contributed by atoms with Gasteiger partial charge in [-0.25, -0.2) is 14.6 Å². The van der Waals surface area contributed by atoms with E-state index in [1.165, 1.54) is 11.3 Å². The van der Waals surface area contributed by atoms with Crippen LogP contribution in [0.4, 0.5) is 0 Å². The van der Waals surface area contributed by atoms with Gasteiger partial charge in [-0.1, -0.05) is 47.7 Å². The standard InChI is InChI=1S/C32H30N2O6S/c1-6-38-31(37)27-20(5)33-32-34(28(27)21-10-8-7-9-11-21)29(35)26(41-32)17-23-13-15-25(40-23)24-14-12-22(16-19(24)4)30(36)39-18(2)3/h7-18,28H,6H2,1-5H3/b26-17+/t28-/m0/s1. The number of aromatic nitrogens is 1. The molecule has 2 aromatic heterocycles. The number of aryl methyl sites for hydroxylation is 1. The third-order valence-corrected chi connectivity index (χ3v) is 7.59. The van der Waals surface area contributed by atoms with Gasteiger partial charge >= 0.3 is 11.9 Å². The molecule has 8 nitrogen and oxygen atoms in total. The van der Waals surface area contributed by atoms with Crippen molar-refractivity contribution in [2.45, 2.75) is 46.8 Å². The van der Waals surface area contributed by atoms with Gasteiger partial charge in [0.15, 0.2) is 4.80 Å². The first kappa shape index (κ1) is 28.0. The van der Waals surface area contributed by atoms with Gasteiger partial charge in [0.25, 0.3) is 5.56 Å². The molecule has 0 bridgehead atoms. The van der Waals surface area contributed by atoms with Gasteiger partial charge in [-0.15, -0.1) is 0 Å². The molecule has 0 aliphatic carbocycles. The van der Waals surface area contributed by atoms with Gasteiger partial charge in [0.05, 0.1) is 40.1 Å². The molecular weight excluding hydrogens is 540 g/mol. The van der Waals surface area contributed by atoms with E-state index < -0.39 is 12.0 Å². The summed E-state index contributed by atoms with van der Waals surface area (Å²) in [6, 6.07) is 17.6. The number of thiazole rings is 1. The van der Waals surface area contributed by atoms with Crippen LogP contribution in [0.25, 0.3) is 17.4 Å². The minimum Gasteiger partial charge on any atom is -0.463 e. The Balaban J connectivity index is 1.54. The number of benzene rings is 2. The number of ether oxygens (including phenoxy) is 2. The number of rotatable bonds is 7. The molecule has 0 unspecified atom stereocenters. The molecule has 41 heavy (non-hydrogen) atoms. The molecule has 0 saturated carbocycles. The first-order chi connectivity index (χ1) is 19.7. The molecule has 1 atom stereocenters. The molecule has 0 fully saturated rings. The lowest BCUT2D eigenvalue weighted by molar-refractivity contribution is -0.139. The molecule has 0 N–H and O–H groups in total. The molecule has 2 aromatic carbocycles. The summed E-state index contributed by atoms with van der Waals surface area (Å²) in [7, 11) is 0. The van der Waals surface area contributed by atoms with E-state index in [-0.39, 0.29) is 24.2 Å². The van der Waals surface area contributed by atoms with Crippen LogP contribution in [-0.2, 0) is 14.3 Å². The van der Waals surface area contributed by atoms with E-state index >= 15 is 0 Å². The van der Waals surface area contributed by atoms with Crippen molar-refractivity contribution >= 4 is 29.4 Å². The third kappa shape index (κ3) is 5.58. The van der Waals surface area contributed by atoms with Crippen molar-refractivity contribution in [3.8, 4) is 11.3 Å². The van der Waals surface area contributed by atoms with Crippen molar-refractivity contribution < 1.29 is 23.5 Å². The van der Waals surface area contributed by atoms with Crippen molar-refractivity contribution in [3.63, 3.8) is 0 Å². The van der Waals surface area contributed by atoms with Crippen molar-refractivity contribution in [1.82, 2.24) is 4.57 Å². The Kier molecular flexibility index (Phi) is 7.90. The normalized spacial score (nSPS) is 15.1. The predicted molar refractivity (Wildman–Crippen MR) is 156 cm³/mol. The summed E-state index contributed by atoms with van der Waals surface area (Å²) in [6.45, 7) is 9.23. The van der Waals surface area contributed by atoms with Gasteiger partial charge in [-0.3, -0.25) is 9.36 Å². The van der Waals surface area contributed by atoms with Crippen molar-refractivity contribution in [2.24, 2.45) is 4.99 Å². The fourth-order valence-electron chi connectivity index (χ4n) is 4.80. The molecule has 0 amide bonds. The second-order valence-electron chi connectivity index (χ2n) is 9.90. The zero-order chi connectivity index (χ0) is 29.3. The summed E-state index contributed by atoms with van der Waals surface area (Å²) in [4.78, 5) is 44.1. The lowest BCUT2D eigenvalue weighted by atomic mass is 9.96. The van der Waals surface area contributed by atoms with Crippen LogP contribution in [-0.4, -0.2) is 29.2 Å². The minimum atomic E-state index is -0.663. The highest BCUT2D eigenvalue weighted by Gasteiger charge is 2.33. The maximum atomic E-state index is 13.8. The number of carbonyl (C=O) groups is 2. The molecule has 0 spiro atoms. The largest absolute Gasteiger partial charge is 0.463 e. The van der Waals surface area contributed by atoms with Gasteiger partial charge in [-0.2, -0.15) is 0 Å². The Morgan fingerprint density at radius 1 is 1.07 bits per heavy atom. The molecule has 1 aliphatic rings. The van der Waals surface area contributed by atoms with Gasteiger partial charge < -0.3 is 13.9 Å². The van der Waals surface area contributed by atoms with Crippen molar-refractivity contribution in [3.05, 3.63) is 114 Å². The highest BCUT2D eigenvalue weighted by Crippen LogP contribution is 2.31. The van der Waals surface area contributed by atoms with Gasteiger partial charge in [0, 0.05) is 11.6 Å². The fourth-order valence-corrected chi connectivity index (χ4v) is 5.82. The van der Waals surface area contributed by atoms with Crippen molar-refractivity contribution in [2.75, 3.05) is 6.61 Å². The van der Waals surface area contributed by atoms with E-state index in [1.807, 2.05) is 63.2 Å². The van der Waals surface area contributed by atoms with E-state index in [0.717, 1.165) is 16.7 Å². The molecular formula is C32H30N2O6S. The fraction of sp³-hybridized carbons (Fsp3) is 0.250. The van der Waals surface area contributed by atoms with E-state index in [1.54, 1.807) is 42.7 Å². The number of nitrogens with zero attached hydrogens (tertiary/aromatic N) is 2. The zero-order valence-electron chi connectivity index (χ0n) is 23.5. The van der Waals surface area contributed by atoms with E-state index in [0.29, 0.717) is 37.7 Å². The van der Waals surface area contributed by atoms with Crippen LogP contribution in [0.2, 0.25) is 0 Å². The number of hydrogen-bond acceptors (Lipinski definition) is 8. The molecule has 4 aromatic rings. The lowest BCUT2D eigenvalue weighted by Crippen LogP contribution is -2.39. The van der Waals surface area contributed by atoms with E-state index in [2.05, 4.69) is 4.99 Å². The summed E-state index contributed by atoms with van der Waals surface area (Å²) in [5, 5.41) is 0. The lowest BCUT2D eigenvalue weighted by Gasteiger charge is -2.24. The molecule has 0 radical (unpaired) electrons. The smallest absolute Gasteiger partial charge is 0.338 e. The molecule has 5 rings (SSSR count). The van der Waals surface area contributed by atoms with Gasteiger partial charge in [-0.05, 0) is 70.0 Å². The second kappa shape index (κ2) is 11.5. The van der Waals surface area contributed by atoms with Gasteiger partial charge in [0.1, 0.15) is 11.5 Å². The van der Waals surface area contributed by atoms with Crippen molar-refractivity contribution in [1.29, 1.82) is 0 Å². The monoisotopic (exact) mass is 570 g/mol. The Morgan fingerprint density at radius 3 is 2.51 bits per heavy atom. The van der Waals surface area contributed by atoms with Crippen LogP contribution in [0.5, 0.6) is 0 Å². The van der Waals surface area contributed by atoms with Crippen LogP contribution in [0, 0.1) is 6.92 Å². The number of allylic oxidation sites excluding steroid dienone is 1. The molecule has 9 heteroatoms. The summed E-state index contributed by atoms with van der Waals surface area (Å²) in [5.41, 5.74) is 3.51. The van der Waals surface area contributed by atoms with Crippen LogP contribution in [0.1, 0.15) is 61.0 Å². The first-order valence-corrected chi connectivity index (χ1v) is 14.2. The number of furan rings is 1. The molecule has 0 saturated heterocycles. The number of esters is 2. The molecule has 3 heterocycles. The second-order valence-corrected chi connectivity index (χ2v) is 10.9. The molecule has 1 aliphatic heterocycles. The topological polar surface area (TPSA) is 100 Å². The summed E-state index contributed by atoms with van der Waals surface area (Å²) < 4.78 is 18.7. The van der Waals surface area contributed by atoms with E-state index in [9.17, 15) is 14.4 Å². The predicted octanol–water partition coefficient (Wildman–Crippen LogP) is 4.93. The Labute approximate surface area is 240 Å². The van der Waals surface area contributed by atoms with Gasteiger partial charge in [0.2, 0.25) is 0 Å². The maximum Gasteiger partial charge on any atom is 0.338 e. The Bertz CT molecular complexity index is 1840. The van der Waals surface area contributed by atoms with E-state index in [4.69, 9.17) is 13.9 Å². The highest BCUT2D eigenvalue weighted by molar-refractivity contribution is 7.07. The van der Waals surface area contributed by atoms with Crippen LogP contribution in [0.15, 0.2) is 86.1 Å². The van der Waals surface area contributed by atoms with Crippen LogP contribution < -0.4 is 14.9 Å². The number of hydrogen-bond donors (Lipinski definition) is 0. The zero-order valence-corrected chi connectivity index (χ0v) is 24.3. The summed E-state index contributed by atoms with van der Waals surface area (Å²) in [6.07, 6.45) is 1.48.